The van der Waals surface area contributed by atoms with Gasteiger partial charge in [0.25, 0.3) is 0 Å². The fraction of sp³-hybridized carbons (Fsp3) is 0.500. The summed E-state index contributed by atoms with van der Waals surface area (Å²) in [6.45, 7) is 4.17. The number of hydrogen-bond donors (Lipinski definition) is 1. The number of nitrogens with two attached hydrogens (primary N) is 1. The highest BCUT2D eigenvalue weighted by atomic mass is 15.5. The Hall–Kier alpha value is -1.91. The van der Waals surface area contributed by atoms with Crippen molar-refractivity contribution in [3.63, 3.8) is 0 Å². The van der Waals surface area contributed by atoms with Gasteiger partial charge in [-0.15, -0.1) is 5.10 Å². The third kappa shape index (κ3) is 2.32. The van der Waals surface area contributed by atoms with Crippen molar-refractivity contribution in [3.05, 3.63) is 23.8 Å². The second kappa shape index (κ2) is 4.64. The highest BCUT2D eigenvalue weighted by Crippen LogP contribution is 2.37. The van der Waals surface area contributed by atoms with Crippen LogP contribution in [0.15, 0.2) is 18.2 Å². The standard InChI is InChI=1S/C14H19N5/c1-9-4-3-5-12(13(9)15)14-16-17-18-19(14)10(2)8-11-6-7-11/h3-5,10-11H,6-8,15H2,1-2H3. The molecule has 1 fully saturated rings. The van der Waals surface area contributed by atoms with E-state index in [0.29, 0.717) is 6.04 Å². The number of aromatic nitrogens is 4. The average Bonchev–Trinajstić information content (AvgIpc) is 3.06. The van der Waals surface area contributed by atoms with Crippen LogP contribution in [0.1, 0.15) is 37.8 Å². The highest BCUT2D eigenvalue weighted by Gasteiger charge is 2.26. The molecule has 1 aliphatic rings. The SMILES string of the molecule is Cc1cccc(-c2nnnn2C(C)CC2CC2)c1N. The van der Waals surface area contributed by atoms with E-state index in [9.17, 15) is 0 Å². The summed E-state index contributed by atoms with van der Waals surface area (Å²) in [5.41, 5.74) is 8.89. The minimum atomic E-state index is 0.317. The van der Waals surface area contributed by atoms with Gasteiger partial charge in [-0.3, -0.25) is 0 Å². The number of rotatable bonds is 4. The largest absolute Gasteiger partial charge is 0.398 e. The van der Waals surface area contributed by atoms with Gasteiger partial charge < -0.3 is 5.73 Å². The normalized spacial score (nSPS) is 16.5. The molecule has 19 heavy (non-hydrogen) atoms. The van der Waals surface area contributed by atoms with E-state index < -0.39 is 0 Å². The maximum Gasteiger partial charge on any atom is 0.184 e. The topological polar surface area (TPSA) is 69.6 Å². The van der Waals surface area contributed by atoms with Gasteiger partial charge in [0.05, 0.1) is 6.04 Å². The van der Waals surface area contributed by atoms with Crippen LogP contribution in [0.25, 0.3) is 11.4 Å². The zero-order chi connectivity index (χ0) is 13.4. The molecule has 5 nitrogen and oxygen atoms in total. The lowest BCUT2D eigenvalue weighted by Gasteiger charge is -2.14. The van der Waals surface area contributed by atoms with Gasteiger partial charge in [-0.25, -0.2) is 4.68 Å². The van der Waals surface area contributed by atoms with Gasteiger partial charge in [0.2, 0.25) is 0 Å². The molecule has 0 amide bonds. The Kier molecular flexibility index (Phi) is 2.97. The Morgan fingerprint density at radius 1 is 1.42 bits per heavy atom. The summed E-state index contributed by atoms with van der Waals surface area (Å²) in [4.78, 5) is 0. The van der Waals surface area contributed by atoms with Gasteiger partial charge in [-0.2, -0.15) is 0 Å². The fourth-order valence-corrected chi connectivity index (χ4v) is 2.48. The summed E-state index contributed by atoms with van der Waals surface area (Å²) in [5, 5.41) is 12.1. The van der Waals surface area contributed by atoms with E-state index >= 15 is 0 Å². The van der Waals surface area contributed by atoms with Crippen LogP contribution in [0.2, 0.25) is 0 Å². The number of hydrogen-bond acceptors (Lipinski definition) is 4. The molecule has 0 bridgehead atoms. The molecule has 1 aromatic heterocycles. The van der Waals surface area contributed by atoms with E-state index in [1.54, 1.807) is 0 Å². The molecule has 1 aliphatic carbocycles. The molecule has 0 aliphatic heterocycles. The average molecular weight is 257 g/mol. The monoisotopic (exact) mass is 257 g/mol. The van der Waals surface area contributed by atoms with Crippen molar-refractivity contribution in [1.82, 2.24) is 20.2 Å². The minimum absolute atomic E-state index is 0.317. The molecule has 0 spiro atoms. The van der Waals surface area contributed by atoms with Crippen LogP contribution < -0.4 is 5.73 Å². The number of nitrogen functional groups attached to an aromatic ring is 1. The van der Waals surface area contributed by atoms with Crippen LogP contribution in [-0.2, 0) is 0 Å². The first-order valence-corrected chi connectivity index (χ1v) is 6.80. The van der Waals surface area contributed by atoms with Gasteiger partial charge in [0, 0.05) is 11.3 Å². The molecule has 5 heteroatoms. The molecule has 0 radical (unpaired) electrons. The molecular formula is C14H19N5. The van der Waals surface area contributed by atoms with Crippen molar-refractivity contribution in [2.75, 3.05) is 5.73 Å². The summed E-state index contributed by atoms with van der Waals surface area (Å²) in [5.74, 6) is 1.62. The number of nitrogens with zero attached hydrogens (tertiary/aromatic N) is 4. The molecule has 2 N–H and O–H groups in total. The van der Waals surface area contributed by atoms with E-state index in [2.05, 4.69) is 22.4 Å². The minimum Gasteiger partial charge on any atom is -0.398 e. The second-order valence-electron chi connectivity index (χ2n) is 5.51. The molecule has 0 saturated heterocycles. The Labute approximate surface area is 112 Å². The van der Waals surface area contributed by atoms with E-state index in [1.165, 1.54) is 12.8 Å². The van der Waals surface area contributed by atoms with Crippen LogP contribution >= 0.6 is 0 Å². The van der Waals surface area contributed by atoms with E-state index in [4.69, 9.17) is 5.73 Å². The van der Waals surface area contributed by atoms with Crippen molar-refractivity contribution in [3.8, 4) is 11.4 Å². The zero-order valence-electron chi connectivity index (χ0n) is 11.4. The first kappa shape index (κ1) is 12.1. The smallest absolute Gasteiger partial charge is 0.184 e. The zero-order valence-corrected chi connectivity index (χ0v) is 11.4. The van der Waals surface area contributed by atoms with Crippen LogP contribution in [0.3, 0.4) is 0 Å². The van der Waals surface area contributed by atoms with E-state index in [1.807, 2.05) is 29.8 Å². The quantitative estimate of drug-likeness (QED) is 0.855. The maximum atomic E-state index is 6.15. The van der Waals surface area contributed by atoms with Crippen LogP contribution in [0.4, 0.5) is 5.69 Å². The first-order valence-electron chi connectivity index (χ1n) is 6.80. The van der Waals surface area contributed by atoms with Gasteiger partial charge >= 0.3 is 0 Å². The molecule has 2 aromatic rings. The van der Waals surface area contributed by atoms with Gasteiger partial charge in [-0.05, 0) is 48.2 Å². The fourth-order valence-electron chi connectivity index (χ4n) is 2.48. The molecule has 1 saturated carbocycles. The first-order chi connectivity index (χ1) is 9.16. The van der Waals surface area contributed by atoms with Gasteiger partial charge in [-0.1, -0.05) is 25.0 Å². The lowest BCUT2D eigenvalue weighted by Crippen LogP contribution is -2.10. The van der Waals surface area contributed by atoms with Crippen LogP contribution in [0.5, 0.6) is 0 Å². The van der Waals surface area contributed by atoms with Gasteiger partial charge in [0.1, 0.15) is 0 Å². The van der Waals surface area contributed by atoms with Gasteiger partial charge in [0.15, 0.2) is 5.82 Å². The lowest BCUT2D eigenvalue weighted by molar-refractivity contribution is 0.430. The Balaban J connectivity index is 1.96. The predicted molar refractivity (Wildman–Crippen MR) is 74.5 cm³/mol. The van der Waals surface area contributed by atoms with Crippen molar-refractivity contribution >= 4 is 5.69 Å². The Morgan fingerprint density at radius 3 is 2.95 bits per heavy atom. The Morgan fingerprint density at radius 2 is 2.21 bits per heavy atom. The van der Waals surface area contributed by atoms with Crippen molar-refractivity contribution in [1.29, 1.82) is 0 Å². The molecule has 1 atom stereocenters. The molecule has 1 heterocycles. The number of benzene rings is 1. The van der Waals surface area contributed by atoms with E-state index in [0.717, 1.165) is 35.0 Å². The second-order valence-corrected chi connectivity index (χ2v) is 5.51. The van der Waals surface area contributed by atoms with Crippen LogP contribution in [0, 0.1) is 12.8 Å². The summed E-state index contributed by atoms with van der Waals surface area (Å²) in [6.07, 6.45) is 3.83. The third-order valence-corrected chi connectivity index (χ3v) is 3.85. The van der Waals surface area contributed by atoms with Crippen molar-refractivity contribution < 1.29 is 0 Å². The molecular weight excluding hydrogens is 238 g/mol. The third-order valence-electron chi connectivity index (χ3n) is 3.85. The number of tetrazole rings is 1. The highest BCUT2D eigenvalue weighted by molar-refractivity contribution is 5.74. The maximum absolute atomic E-state index is 6.15. The number of anilines is 1. The number of aryl methyl sites for hydroxylation is 1. The molecule has 1 unspecified atom stereocenters. The molecule has 1 aromatic carbocycles. The molecule has 3 rings (SSSR count). The van der Waals surface area contributed by atoms with Crippen molar-refractivity contribution in [2.45, 2.75) is 39.2 Å². The van der Waals surface area contributed by atoms with E-state index in [-0.39, 0.29) is 0 Å². The Bertz CT molecular complexity index is 585. The summed E-state index contributed by atoms with van der Waals surface area (Å²) in [7, 11) is 0. The molecule has 100 valence electrons. The summed E-state index contributed by atoms with van der Waals surface area (Å²) in [6, 6.07) is 6.29. The van der Waals surface area contributed by atoms with Crippen molar-refractivity contribution in [2.24, 2.45) is 5.92 Å². The van der Waals surface area contributed by atoms with Crippen LogP contribution in [-0.4, -0.2) is 20.2 Å². The summed E-state index contributed by atoms with van der Waals surface area (Å²) < 4.78 is 1.91. The summed E-state index contributed by atoms with van der Waals surface area (Å²) >= 11 is 0. The lowest BCUT2D eigenvalue weighted by atomic mass is 10.1. The number of para-hydroxylation sites is 1. The predicted octanol–water partition coefficient (Wildman–Crippen LogP) is 2.59.